The van der Waals surface area contributed by atoms with Crippen LogP contribution >= 0.6 is 0 Å². The van der Waals surface area contributed by atoms with Crippen molar-refractivity contribution in [3.63, 3.8) is 0 Å². The van der Waals surface area contributed by atoms with Crippen molar-refractivity contribution in [2.75, 3.05) is 35.2 Å². The molecule has 2 aromatic heterocycles. The van der Waals surface area contributed by atoms with Crippen molar-refractivity contribution in [3.05, 3.63) is 59.0 Å². The molecular formula is C24H27N6O2S+. The van der Waals surface area contributed by atoms with Gasteiger partial charge in [0.05, 0.1) is 24.1 Å². The minimum Gasteiger partial charge on any atom is -0.474 e. The number of rotatable bonds is 5. The van der Waals surface area contributed by atoms with Crippen molar-refractivity contribution < 1.29 is 8.95 Å². The molecule has 8 nitrogen and oxygen atoms in total. The summed E-state index contributed by atoms with van der Waals surface area (Å²) in [6.45, 7) is 8.97. The highest BCUT2D eigenvalue weighted by Gasteiger charge is 2.34. The number of fused-ring (bicyclic) bond motifs is 2. The van der Waals surface area contributed by atoms with Crippen molar-refractivity contribution in [1.29, 1.82) is 0 Å². The molecule has 0 saturated heterocycles. The van der Waals surface area contributed by atoms with Gasteiger partial charge in [0.15, 0.2) is 0 Å². The maximum Gasteiger partial charge on any atom is 0.469 e. The molecule has 0 fully saturated rings. The zero-order chi connectivity index (χ0) is 23.0. The number of hydrogen-bond acceptors (Lipinski definition) is 8. The quantitative estimate of drug-likeness (QED) is 0.550. The molecule has 0 amide bonds. The summed E-state index contributed by atoms with van der Waals surface area (Å²) in [5.41, 5.74) is 7.29. The van der Waals surface area contributed by atoms with Gasteiger partial charge in [0.2, 0.25) is 11.8 Å². The monoisotopic (exact) mass is 463 g/mol. The first-order valence-corrected chi connectivity index (χ1v) is 11.8. The maximum absolute atomic E-state index is 11.3. The summed E-state index contributed by atoms with van der Waals surface area (Å²) in [5.74, 6) is 1.24. The maximum atomic E-state index is 11.3. The van der Waals surface area contributed by atoms with Gasteiger partial charge in [-0.1, -0.05) is 12.1 Å². The van der Waals surface area contributed by atoms with Crippen LogP contribution < -0.4 is 20.3 Å². The molecule has 33 heavy (non-hydrogen) atoms. The summed E-state index contributed by atoms with van der Waals surface area (Å²) in [6, 6.07) is 7.85. The molecule has 0 bridgehead atoms. The Bertz CT molecular complexity index is 1200. The first-order chi connectivity index (χ1) is 15.9. The number of ether oxygens (including phenoxy) is 1. The van der Waals surface area contributed by atoms with Crippen LogP contribution in [0, 0.1) is 6.92 Å². The zero-order valence-corrected chi connectivity index (χ0v) is 19.8. The lowest BCUT2D eigenvalue weighted by Gasteiger charge is -2.32. The van der Waals surface area contributed by atoms with Crippen molar-refractivity contribution >= 4 is 34.7 Å². The Morgan fingerprint density at radius 2 is 2.00 bits per heavy atom. The van der Waals surface area contributed by atoms with Crippen LogP contribution in [-0.4, -0.2) is 34.6 Å². The average Bonchev–Trinajstić information content (AvgIpc) is 2.84. The van der Waals surface area contributed by atoms with Crippen LogP contribution in [0.3, 0.4) is 0 Å². The number of hydrogen-bond donors (Lipinski definition) is 2. The van der Waals surface area contributed by atoms with E-state index in [4.69, 9.17) is 9.72 Å². The number of pyridine rings is 1. The van der Waals surface area contributed by atoms with Gasteiger partial charge in [-0.25, -0.2) is 15.0 Å². The molecule has 0 unspecified atom stereocenters. The van der Waals surface area contributed by atoms with E-state index in [1.807, 2.05) is 50.5 Å². The molecule has 9 heteroatoms. The van der Waals surface area contributed by atoms with Gasteiger partial charge in [0, 0.05) is 54.2 Å². The Morgan fingerprint density at radius 3 is 2.79 bits per heavy atom. The van der Waals surface area contributed by atoms with E-state index in [9.17, 15) is 4.21 Å². The second kappa shape index (κ2) is 8.55. The number of nitrogens with one attached hydrogen (secondary N) is 2. The molecule has 0 saturated carbocycles. The molecule has 2 aliphatic heterocycles. The van der Waals surface area contributed by atoms with Crippen LogP contribution in [0.4, 0.5) is 23.0 Å². The Morgan fingerprint density at radius 1 is 1.18 bits per heavy atom. The van der Waals surface area contributed by atoms with Crippen LogP contribution in [0.25, 0.3) is 0 Å². The minimum absolute atomic E-state index is 0.463. The third-order valence-electron chi connectivity index (χ3n) is 6.25. The SMILES string of the molecule is Cc1c(N2CCc3cnc(Nc4ccc(C(C)(C)[S+]=O)cc4)nc3C2)cnc2c1NCCO2. The zero-order valence-electron chi connectivity index (χ0n) is 19.0. The summed E-state index contributed by atoms with van der Waals surface area (Å²) >= 11 is 0.597. The molecule has 2 aliphatic rings. The van der Waals surface area contributed by atoms with Gasteiger partial charge in [-0.2, -0.15) is 0 Å². The van der Waals surface area contributed by atoms with Crippen LogP contribution in [0.15, 0.2) is 36.7 Å². The largest absolute Gasteiger partial charge is 0.474 e. The van der Waals surface area contributed by atoms with E-state index in [0.29, 0.717) is 36.6 Å². The molecule has 0 spiro atoms. The Hall–Kier alpha value is -3.33. The van der Waals surface area contributed by atoms with E-state index in [1.165, 1.54) is 5.56 Å². The highest BCUT2D eigenvalue weighted by molar-refractivity contribution is 7.66. The minimum atomic E-state index is -0.463. The summed E-state index contributed by atoms with van der Waals surface area (Å²) in [5, 5.41) is 6.71. The molecular weight excluding hydrogens is 436 g/mol. The summed E-state index contributed by atoms with van der Waals surface area (Å²) in [6.07, 6.45) is 4.70. The second-order valence-corrected chi connectivity index (χ2v) is 10.0. The van der Waals surface area contributed by atoms with E-state index >= 15 is 0 Å². The fraction of sp³-hybridized carbons (Fsp3) is 0.375. The van der Waals surface area contributed by atoms with Gasteiger partial charge in [0.1, 0.15) is 12.3 Å². The lowest BCUT2D eigenvalue weighted by atomic mass is 10.0. The topological polar surface area (TPSA) is 92.3 Å². The van der Waals surface area contributed by atoms with Gasteiger partial charge in [-0.3, -0.25) is 0 Å². The lowest BCUT2D eigenvalue weighted by Crippen LogP contribution is -2.32. The van der Waals surface area contributed by atoms with Crippen molar-refractivity contribution in [2.45, 2.75) is 38.5 Å². The van der Waals surface area contributed by atoms with Crippen molar-refractivity contribution in [1.82, 2.24) is 15.0 Å². The molecule has 170 valence electrons. The van der Waals surface area contributed by atoms with Crippen LogP contribution in [0.1, 0.15) is 36.2 Å². The van der Waals surface area contributed by atoms with E-state index in [1.54, 1.807) is 0 Å². The standard InChI is InChI=1S/C24H27N6O2S/c1-15-20(13-26-22-21(15)25-9-11-32-22)30-10-8-16-12-27-23(29-19(16)14-30)28-18-6-4-17(5-7-18)24(2,3)33-31/h4-7,12-13,25H,8-11,14H2,1-3H3,(H,27,28,29)/q+1. The normalized spacial score (nSPS) is 15.1. The van der Waals surface area contributed by atoms with Crippen LogP contribution in [0.2, 0.25) is 0 Å². The molecule has 3 aromatic rings. The number of nitrogens with zero attached hydrogens (tertiary/aromatic N) is 4. The smallest absolute Gasteiger partial charge is 0.469 e. The predicted octanol–water partition coefficient (Wildman–Crippen LogP) is 3.95. The molecule has 0 aliphatic carbocycles. The van der Waals surface area contributed by atoms with Crippen molar-refractivity contribution in [2.24, 2.45) is 0 Å². The first-order valence-electron chi connectivity index (χ1n) is 11.1. The van der Waals surface area contributed by atoms with Gasteiger partial charge in [-0.15, -0.1) is 0 Å². The summed E-state index contributed by atoms with van der Waals surface area (Å²) in [7, 11) is 0. The molecule has 0 radical (unpaired) electrons. The number of anilines is 4. The molecule has 1 aromatic carbocycles. The Kier molecular flexibility index (Phi) is 5.57. The molecule has 5 rings (SSSR count). The first kappa shape index (κ1) is 21.5. The van der Waals surface area contributed by atoms with E-state index in [2.05, 4.69) is 32.4 Å². The highest BCUT2D eigenvalue weighted by atomic mass is 32.1. The lowest BCUT2D eigenvalue weighted by molar-refractivity contribution is 0.310. The van der Waals surface area contributed by atoms with Gasteiger partial charge < -0.3 is 20.3 Å². The second-order valence-electron chi connectivity index (χ2n) is 8.86. The molecule has 4 heterocycles. The van der Waals surface area contributed by atoms with E-state index in [0.717, 1.165) is 53.4 Å². The Labute approximate surface area is 197 Å². The van der Waals surface area contributed by atoms with Gasteiger partial charge >= 0.3 is 11.7 Å². The van der Waals surface area contributed by atoms with E-state index in [-0.39, 0.29) is 0 Å². The van der Waals surface area contributed by atoms with Crippen LogP contribution in [-0.2, 0) is 33.6 Å². The predicted molar refractivity (Wildman–Crippen MR) is 131 cm³/mol. The number of aromatic nitrogens is 3. The molecule has 2 N–H and O–H groups in total. The van der Waals surface area contributed by atoms with Gasteiger partial charge in [-0.05, 0) is 31.0 Å². The van der Waals surface area contributed by atoms with Crippen LogP contribution in [0.5, 0.6) is 5.88 Å². The third-order valence-corrected chi connectivity index (χ3v) is 6.90. The summed E-state index contributed by atoms with van der Waals surface area (Å²) < 4.78 is 16.6. The Balaban J connectivity index is 1.35. The van der Waals surface area contributed by atoms with E-state index < -0.39 is 4.75 Å². The molecule has 0 atom stereocenters. The fourth-order valence-corrected chi connectivity index (χ4v) is 4.46. The fourth-order valence-electron chi connectivity index (χ4n) is 4.23. The third kappa shape index (κ3) is 4.20. The highest BCUT2D eigenvalue weighted by Crippen LogP contribution is 2.36. The number of benzene rings is 1. The van der Waals surface area contributed by atoms with Crippen molar-refractivity contribution in [3.8, 4) is 5.88 Å². The van der Waals surface area contributed by atoms with Gasteiger partial charge in [0.25, 0.3) is 4.75 Å². The summed E-state index contributed by atoms with van der Waals surface area (Å²) in [4.78, 5) is 16.2. The average molecular weight is 464 g/mol.